The molecule has 0 amide bonds. The molecule has 0 aliphatic carbocycles. The number of esters is 1. The van der Waals surface area contributed by atoms with Crippen LogP contribution >= 0.6 is 35.1 Å². The van der Waals surface area contributed by atoms with Gasteiger partial charge in [-0.2, -0.15) is 0 Å². The van der Waals surface area contributed by atoms with E-state index in [1.807, 2.05) is 48.5 Å². The zero-order valence-corrected chi connectivity index (χ0v) is 17.3. The van der Waals surface area contributed by atoms with E-state index in [0.717, 1.165) is 33.1 Å². The van der Waals surface area contributed by atoms with Gasteiger partial charge in [-0.3, -0.25) is 4.99 Å². The first-order valence-electron chi connectivity index (χ1n) is 8.80. The molecule has 2 heterocycles. The van der Waals surface area contributed by atoms with E-state index >= 15 is 0 Å². The summed E-state index contributed by atoms with van der Waals surface area (Å²) in [7, 11) is 0. The second-order valence-electron chi connectivity index (χ2n) is 6.15. The zero-order valence-electron chi connectivity index (χ0n) is 14.9. The number of benzene rings is 2. The fourth-order valence-corrected chi connectivity index (χ4v) is 5.06. The first-order chi connectivity index (χ1) is 13.7. The van der Waals surface area contributed by atoms with Gasteiger partial charge in [0.1, 0.15) is 16.1 Å². The SMILES string of the molecule is O=C(OCc1cc2ccccc2nc1Cl)c1ccccc1CSC1=NCCS1. The molecule has 0 saturated heterocycles. The fourth-order valence-electron chi connectivity index (χ4n) is 2.85. The van der Waals surface area contributed by atoms with Crippen LogP contribution in [0.1, 0.15) is 21.5 Å². The molecule has 4 nitrogen and oxygen atoms in total. The van der Waals surface area contributed by atoms with Gasteiger partial charge >= 0.3 is 5.97 Å². The van der Waals surface area contributed by atoms with E-state index in [4.69, 9.17) is 16.3 Å². The number of carbonyl (C=O) groups is 1. The standard InChI is InChI=1S/C21H17ClN2O2S2/c22-19-16(11-14-5-2-4-8-18(14)24-19)12-26-20(25)17-7-3-1-6-15(17)13-28-21-23-9-10-27-21/h1-8,11H,9-10,12-13H2. The van der Waals surface area contributed by atoms with Crippen molar-refractivity contribution < 1.29 is 9.53 Å². The Bertz CT molecular complexity index is 1060. The molecule has 0 fully saturated rings. The fraction of sp³-hybridized carbons (Fsp3) is 0.190. The number of thioether (sulfide) groups is 2. The number of hydrogen-bond acceptors (Lipinski definition) is 6. The van der Waals surface area contributed by atoms with Crippen molar-refractivity contribution in [3.05, 3.63) is 76.4 Å². The van der Waals surface area contributed by atoms with Crippen LogP contribution in [0.3, 0.4) is 0 Å². The molecule has 0 unspecified atom stereocenters. The number of carbonyl (C=O) groups excluding carboxylic acids is 1. The maximum atomic E-state index is 12.7. The summed E-state index contributed by atoms with van der Waals surface area (Å²) in [5.74, 6) is 1.36. The molecule has 142 valence electrons. The summed E-state index contributed by atoms with van der Waals surface area (Å²) in [6.45, 7) is 0.955. The number of pyridine rings is 1. The summed E-state index contributed by atoms with van der Waals surface area (Å²) in [6.07, 6.45) is 0. The number of fused-ring (bicyclic) bond motifs is 1. The van der Waals surface area contributed by atoms with E-state index in [-0.39, 0.29) is 12.6 Å². The van der Waals surface area contributed by atoms with Crippen molar-refractivity contribution in [2.75, 3.05) is 12.3 Å². The Morgan fingerprint density at radius 3 is 2.82 bits per heavy atom. The Morgan fingerprint density at radius 2 is 1.96 bits per heavy atom. The van der Waals surface area contributed by atoms with Crippen LogP contribution in [0.2, 0.25) is 5.15 Å². The highest BCUT2D eigenvalue weighted by molar-refractivity contribution is 8.38. The van der Waals surface area contributed by atoms with Crippen LogP contribution in [0, 0.1) is 0 Å². The number of aromatic nitrogens is 1. The molecular formula is C21H17ClN2O2S2. The molecule has 1 aromatic heterocycles. The number of ether oxygens (including phenoxy) is 1. The molecule has 1 aliphatic heterocycles. The van der Waals surface area contributed by atoms with Crippen LogP contribution in [-0.2, 0) is 17.1 Å². The minimum atomic E-state index is -0.360. The van der Waals surface area contributed by atoms with Gasteiger partial charge in [-0.05, 0) is 23.8 Å². The van der Waals surface area contributed by atoms with E-state index in [1.165, 1.54) is 0 Å². The maximum absolute atomic E-state index is 12.7. The lowest BCUT2D eigenvalue weighted by Gasteiger charge is -2.11. The van der Waals surface area contributed by atoms with Crippen LogP contribution in [0.25, 0.3) is 10.9 Å². The Balaban J connectivity index is 1.46. The first kappa shape index (κ1) is 19.3. The third-order valence-corrected chi connectivity index (χ3v) is 6.88. The molecule has 1 aliphatic rings. The molecule has 2 aromatic carbocycles. The van der Waals surface area contributed by atoms with Gasteiger partial charge in [-0.25, -0.2) is 9.78 Å². The highest BCUT2D eigenvalue weighted by Crippen LogP contribution is 2.27. The monoisotopic (exact) mass is 428 g/mol. The summed E-state index contributed by atoms with van der Waals surface area (Å²) in [5, 5.41) is 1.32. The molecule has 0 bridgehead atoms. The highest BCUT2D eigenvalue weighted by Gasteiger charge is 2.16. The second kappa shape index (κ2) is 8.99. The summed E-state index contributed by atoms with van der Waals surface area (Å²) in [6, 6.07) is 17.1. The van der Waals surface area contributed by atoms with Crippen molar-refractivity contribution in [1.29, 1.82) is 0 Å². The van der Waals surface area contributed by atoms with Crippen molar-refractivity contribution in [3.8, 4) is 0 Å². The van der Waals surface area contributed by atoms with Crippen molar-refractivity contribution >= 4 is 56.4 Å². The van der Waals surface area contributed by atoms with Crippen molar-refractivity contribution in [2.24, 2.45) is 4.99 Å². The average molecular weight is 429 g/mol. The van der Waals surface area contributed by atoms with Crippen LogP contribution < -0.4 is 0 Å². The Kier molecular flexibility index (Phi) is 6.20. The Hall–Kier alpha value is -2.02. The van der Waals surface area contributed by atoms with Gasteiger partial charge in [0.25, 0.3) is 0 Å². The summed E-state index contributed by atoms with van der Waals surface area (Å²) >= 11 is 9.69. The Labute approximate surface area is 176 Å². The highest BCUT2D eigenvalue weighted by atomic mass is 35.5. The number of rotatable bonds is 5. The van der Waals surface area contributed by atoms with E-state index in [2.05, 4.69) is 9.98 Å². The molecule has 0 N–H and O–H groups in total. The topological polar surface area (TPSA) is 51.5 Å². The van der Waals surface area contributed by atoms with Gasteiger partial charge < -0.3 is 4.74 Å². The molecule has 3 aromatic rings. The molecule has 0 spiro atoms. The third-order valence-electron chi connectivity index (χ3n) is 4.25. The average Bonchev–Trinajstić information content (AvgIpc) is 3.24. The number of halogens is 1. The molecule has 0 saturated carbocycles. The molecular weight excluding hydrogens is 412 g/mol. The summed E-state index contributed by atoms with van der Waals surface area (Å²) in [4.78, 5) is 21.5. The van der Waals surface area contributed by atoms with Crippen LogP contribution in [0.15, 0.2) is 59.6 Å². The lowest BCUT2D eigenvalue weighted by Crippen LogP contribution is -2.09. The quantitative estimate of drug-likeness (QED) is 0.392. The molecule has 0 atom stereocenters. The van der Waals surface area contributed by atoms with Crippen molar-refractivity contribution in [1.82, 2.24) is 4.98 Å². The minimum Gasteiger partial charge on any atom is -0.457 e. The zero-order chi connectivity index (χ0) is 19.3. The van der Waals surface area contributed by atoms with E-state index in [1.54, 1.807) is 29.6 Å². The number of nitrogens with zero attached hydrogens (tertiary/aromatic N) is 2. The molecule has 0 radical (unpaired) electrons. The van der Waals surface area contributed by atoms with Crippen LogP contribution in [-0.4, -0.2) is 27.6 Å². The predicted octanol–water partition coefficient (Wildman–Crippen LogP) is 5.58. The smallest absolute Gasteiger partial charge is 0.338 e. The normalized spacial score (nSPS) is 13.5. The van der Waals surface area contributed by atoms with Gasteiger partial charge in [0.2, 0.25) is 0 Å². The first-order valence-corrected chi connectivity index (χ1v) is 11.1. The number of hydrogen-bond donors (Lipinski definition) is 0. The second-order valence-corrected chi connectivity index (χ2v) is 8.81. The molecule has 7 heteroatoms. The molecule has 28 heavy (non-hydrogen) atoms. The number of para-hydroxylation sites is 1. The van der Waals surface area contributed by atoms with Crippen molar-refractivity contribution in [3.63, 3.8) is 0 Å². The van der Waals surface area contributed by atoms with Crippen molar-refractivity contribution in [2.45, 2.75) is 12.4 Å². The number of aliphatic imine (C=N–C) groups is 1. The van der Waals surface area contributed by atoms with E-state index in [0.29, 0.717) is 22.0 Å². The van der Waals surface area contributed by atoms with Gasteiger partial charge in [-0.15, -0.1) is 0 Å². The third kappa shape index (κ3) is 4.51. The lowest BCUT2D eigenvalue weighted by molar-refractivity contribution is 0.0472. The largest absolute Gasteiger partial charge is 0.457 e. The van der Waals surface area contributed by atoms with Crippen LogP contribution in [0.4, 0.5) is 0 Å². The minimum absolute atomic E-state index is 0.0829. The molecule has 4 rings (SSSR count). The van der Waals surface area contributed by atoms with E-state index in [9.17, 15) is 4.79 Å². The lowest BCUT2D eigenvalue weighted by atomic mass is 10.1. The maximum Gasteiger partial charge on any atom is 0.338 e. The summed E-state index contributed by atoms with van der Waals surface area (Å²) < 4.78 is 6.63. The van der Waals surface area contributed by atoms with Gasteiger partial charge in [0, 0.05) is 22.5 Å². The van der Waals surface area contributed by atoms with Gasteiger partial charge in [0.15, 0.2) is 0 Å². The predicted molar refractivity (Wildman–Crippen MR) is 118 cm³/mol. The van der Waals surface area contributed by atoms with E-state index < -0.39 is 0 Å². The Morgan fingerprint density at radius 1 is 1.14 bits per heavy atom. The van der Waals surface area contributed by atoms with Crippen LogP contribution in [0.5, 0.6) is 0 Å². The van der Waals surface area contributed by atoms with Gasteiger partial charge in [0.05, 0.1) is 17.6 Å². The summed E-state index contributed by atoms with van der Waals surface area (Å²) in [5.41, 5.74) is 3.02. The van der Waals surface area contributed by atoms with Gasteiger partial charge in [-0.1, -0.05) is 71.5 Å².